The maximum atomic E-state index is 12.0. The van der Waals surface area contributed by atoms with Crippen LogP contribution in [0.2, 0.25) is 0 Å². The summed E-state index contributed by atoms with van der Waals surface area (Å²) in [5.41, 5.74) is 2.74. The third kappa shape index (κ3) is 5.35. The molecular formula is C19H19BrN2O2. The summed E-state index contributed by atoms with van der Waals surface area (Å²) in [4.78, 5) is 23.8. The molecule has 0 atom stereocenters. The fourth-order valence-electron chi connectivity index (χ4n) is 2.15. The lowest BCUT2D eigenvalue weighted by Crippen LogP contribution is -2.31. The van der Waals surface area contributed by atoms with Crippen LogP contribution >= 0.6 is 15.9 Å². The van der Waals surface area contributed by atoms with Crippen LogP contribution in [0.5, 0.6) is 0 Å². The van der Waals surface area contributed by atoms with Crippen molar-refractivity contribution in [1.82, 2.24) is 5.32 Å². The molecule has 0 aliphatic heterocycles. The molecule has 2 aromatic rings. The van der Waals surface area contributed by atoms with Crippen molar-refractivity contribution in [3.8, 4) is 0 Å². The van der Waals surface area contributed by atoms with Crippen molar-refractivity contribution in [3.05, 3.63) is 70.2 Å². The Hall–Kier alpha value is -2.40. The van der Waals surface area contributed by atoms with E-state index >= 15 is 0 Å². The number of amides is 2. The van der Waals surface area contributed by atoms with Gasteiger partial charge < -0.3 is 10.6 Å². The number of para-hydroxylation sites is 1. The summed E-state index contributed by atoms with van der Waals surface area (Å²) < 4.78 is 0.906. The van der Waals surface area contributed by atoms with Crippen LogP contribution in [0.15, 0.2) is 59.1 Å². The van der Waals surface area contributed by atoms with Crippen LogP contribution in [0, 0.1) is 0 Å². The number of rotatable bonds is 6. The second-order valence-corrected chi connectivity index (χ2v) is 5.99. The van der Waals surface area contributed by atoms with Gasteiger partial charge in [0.25, 0.3) is 0 Å². The van der Waals surface area contributed by atoms with Gasteiger partial charge in [0, 0.05) is 16.2 Å². The van der Waals surface area contributed by atoms with Crippen molar-refractivity contribution < 1.29 is 9.59 Å². The van der Waals surface area contributed by atoms with Gasteiger partial charge in [-0.15, -0.1) is 0 Å². The van der Waals surface area contributed by atoms with Crippen LogP contribution in [0.3, 0.4) is 0 Å². The number of hydrogen-bond donors (Lipinski definition) is 2. The molecule has 2 amide bonds. The number of halogens is 1. The third-order valence-corrected chi connectivity index (χ3v) is 4.14. The van der Waals surface area contributed by atoms with E-state index in [-0.39, 0.29) is 18.4 Å². The molecule has 0 bridgehead atoms. The van der Waals surface area contributed by atoms with Crippen LogP contribution in [-0.4, -0.2) is 18.4 Å². The van der Waals surface area contributed by atoms with Crippen molar-refractivity contribution in [2.24, 2.45) is 0 Å². The summed E-state index contributed by atoms with van der Waals surface area (Å²) in [7, 11) is 0. The summed E-state index contributed by atoms with van der Waals surface area (Å²) in [5.74, 6) is -0.566. The van der Waals surface area contributed by atoms with Gasteiger partial charge in [-0.1, -0.05) is 59.3 Å². The van der Waals surface area contributed by atoms with Gasteiger partial charge >= 0.3 is 0 Å². The smallest absolute Gasteiger partial charge is 0.244 e. The summed E-state index contributed by atoms with van der Waals surface area (Å²) in [5, 5.41) is 5.39. The standard InChI is InChI=1S/C19H19BrN2O2/c1-2-14-7-4-6-10-17(14)22-19(24)13-21-18(23)12-11-15-8-3-5-9-16(15)20/h3-12H,2,13H2,1H3,(H,21,23)(H,22,24)/b12-11+. The molecule has 0 heterocycles. The van der Waals surface area contributed by atoms with Crippen LogP contribution in [0.4, 0.5) is 5.69 Å². The number of benzene rings is 2. The van der Waals surface area contributed by atoms with Gasteiger partial charge in [0.05, 0.1) is 6.54 Å². The van der Waals surface area contributed by atoms with Gasteiger partial charge in [-0.3, -0.25) is 9.59 Å². The summed E-state index contributed by atoms with van der Waals surface area (Å²) in [6.45, 7) is 1.95. The van der Waals surface area contributed by atoms with E-state index in [0.29, 0.717) is 0 Å². The highest BCUT2D eigenvalue weighted by Gasteiger charge is 2.06. The lowest BCUT2D eigenvalue weighted by Gasteiger charge is -2.09. The predicted molar refractivity (Wildman–Crippen MR) is 101 cm³/mol. The highest BCUT2D eigenvalue weighted by molar-refractivity contribution is 9.10. The highest BCUT2D eigenvalue weighted by atomic mass is 79.9. The number of carbonyl (C=O) groups is 2. The zero-order valence-corrected chi connectivity index (χ0v) is 15.0. The molecule has 4 nitrogen and oxygen atoms in total. The highest BCUT2D eigenvalue weighted by Crippen LogP contribution is 2.17. The number of hydrogen-bond acceptors (Lipinski definition) is 2. The van der Waals surface area contributed by atoms with E-state index < -0.39 is 0 Å². The topological polar surface area (TPSA) is 58.2 Å². The molecule has 0 aromatic heterocycles. The second kappa shape index (κ2) is 9.03. The van der Waals surface area contributed by atoms with Gasteiger partial charge in [-0.2, -0.15) is 0 Å². The molecule has 2 N–H and O–H groups in total. The first-order valence-corrected chi connectivity index (χ1v) is 8.47. The van der Waals surface area contributed by atoms with Crippen molar-refractivity contribution >= 4 is 39.5 Å². The largest absolute Gasteiger partial charge is 0.343 e. The zero-order valence-electron chi connectivity index (χ0n) is 13.4. The summed E-state index contributed by atoms with van der Waals surface area (Å²) in [6, 6.07) is 15.2. The van der Waals surface area contributed by atoms with Crippen molar-refractivity contribution in [2.75, 3.05) is 11.9 Å². The second-order valence-electron chi connectivity index (χ2n) is 5.13. The summed E-state index contributed by atoms with van der Waals surface area (Å²) in [6.07, 6.45) is 3.94. The Balaban J connectivity index is 1.85. The quantitative estimate of drug-likeness (QED) is 0.742. The van der Waals surface area contributed by atoms with E-state index in [9.17, 15) is 9.59 Å². The molecule has 0 spiro atoms. The normalized spacial score (nSPS) is 10.6. The number of nitrogens with one attached hydrogen (secondary N) is 2. The fraction of sp³-hybridized carbons (Fsp3) is 0.158. The molecule has 0 saturated carbocycles. The SMILES string of the molecule is CCc1ccccc1NC(=O)CNC(=O)/C=C/c1ccccc1Br. The molecule has 0 radical (unpaired) electrons. The molecule has 2 rings (SSSR count). The number of anilines is 1. The molecule has 5 heteroatoms. The zero-order chi connectivity index (χ0) is 17.4. The molecule has 0 aliphatic rings. The lowest BCUT2D eigenvalue weighted by atomic mass is 10.1. The van der Waals surface area contributed by atoms with E-state index in [0.717, 1.165) is 27.7 Å². The molecular weight excluding hydrogens is 368 g/mol. The molecule has 0 aliphatic carbocycles. The van der Waals surface area contributed by atoms with Crippen LogP contribution in [0.1, 0.15) is 18.1 Å². The minimum Gasteiger partial charge on any atom is -0.343 e. The van der Waals surface area contributed by atoms with Gasteiger partial charge in [0.1, 0.15) is 0 Å². The van der Waals surface area contributed by atoms with Crippen LogP contribution in [0.25, 0.3) is 6.08 Å². The Morgan fingerprint density at radius 1 is 1.08 bits per heavy atom. The van der Waals surface area contributed by atoms with Gasteiger partial charge in [0.15, 0.2) is 0 Å². The molecule has 124 valence electrons. The third-order valence-electron chi connectivity index (χ3n) is 3.42. The lowest BCUT2D eigenvalue weighted by molar-refractivity contribution is -0.121. The Labute approximate surface area is 150 Å². The maximum Gasteiger partial charge on any atom is 0.244 e. The first kappa shape index (κ1) is 17.9. The first-order valence-electron chi connectivity index (χ1n) is 7.68. The van der Waals surface area contributed by atoms with Crippen molar-refractivity contribution in [1.29, 1.82) is 0 Å². The van der Waals surface area contributed by atoms with E-state index in [1.807, 2.05) is 55.5 Å². The van der Waals surface area contributed by atoms with E-state index in [1.54, 1.807) is 6.08 Å². The van der Waals surface area contributed by atoms with Crippen molar-refractivity contribution in [3.63, 3.8) is 0 Å². The molecule has 2 aromatic carbocycles. The average Bonchev–Trinajstić information content (AvgIpc) is 2.59. The van der Waals surface area contributed by atoms with E-state index in [1.165, 1.54) is 6.08 Å². The first-order chi connectivity index (χ1) is 11.6. The minimum absolute atomic E-state index is 0.0722. The van der Waals surface area contributed by atoms with Crippen molar-refractivity contribution in [2.45, 2.75) is 13.3 Å². The molecule has 0 unspecified atom stereocenters. The molecule has 0 fully saturated rings. The Kier molecular flexibility index (Phi) is 6.75. The average molecular weight is 387 g/mol. The number of aryl methyl sites for hydroxylation is 1. The van der Waals surface area contributed by atoms with E-state index in [4.69, 9.17) is 0 Å². The molecule has 0 saturated heterocycles. The minimum atomic E-state index is -0.315. The fourth-order valence-corrected chi connectivity index (χ4v) is 2.56. The van der Waals surface area contributed by atoms with Gasteiger partial charge in [-0.25, -0.2) is 0 Å². The maximum absolute atomic E-state index is 12.0. The monoisotopic (exact) mass is 386 g/mol. The van der Waals surface area contributed by atoms with Gasteiger partial charge in [0.2, 0.25) is 11.8 Å². The van der Waals surface area contributed by atoms with E-state index in [2.05, 4.69) is 26.6 Å². The summed E-state index contributed by atoms with van der Waals surface area (Å²) >= 11 is 3.41. The Morgan fingerprint density at radius 2 is 1.79 bits per heavy atom. The Morgan fingerprint density at radius 3 is 2.54 bits per heavy atom. The Bertz CT molecular complexity index is 757. The number of carbonyl (C=O) groups excluding carboxylic acids is 2. The van der Waals surface area contributed by atoms with Crippen LogP contribution in [-0.2, 0) is 16.0 Å². The molecule has 24 heavy (non-hydrogen) atoms. The van der Waals surface area contributed by atoms with Crippen LogP contribution < -0.4 is 10.6 Å². The predicted octanol–water partition coefficient (Wildman–Crippen LogP) is 3.78. The van der Waals surface area contributed by atoms with Gasteiger partial charge in [-0.05, 0) is 35.8 Å².